The lowest BCUT2D eigenvalue weighted by Crippen LogP contribution is -2.15. The third-order valence-electron chi connectivity index (χ3n) is 3.86. The molecule has 1 aromatic heterocycles. The molecule has 0 radical (unpaired) electrons. The van der Waals surface area contributed by atoms with Gasteiger partial charge in [-0.3, -0.25) is 4.79 Å². The molecule has 0 aliphatic heterocycles. The molecule has 3 rings (SSSR count). The van der Waals surface area contributed by atoms with E-state index in [1.165, 1.54) is 0 Å². The lowest BCUT2D eigenvalue weighted by molar-refractivity contribution is 0.102. The zero-order chi connectivity index (χ0) is 18.7. The minimum absolute atomic E-state index is 0.219. The maximum absolute atomic E-state index is 12.5. The van der Waals surface area contributed by atoms with Crippen LogP contribution in [0.3, 0.4) is 0 Å². The van der Waals surface area contributed by atoms with E-state index in [-0.39, 0.29) is 11.7 Å². The number of aromatic nitrogens is 1. The maximum Gasteiger partial charge on any atom is 0.259 e. The number of hydrogen-bond acceptors (Lipinski definition) is 4. The molecule has 0 spiro atoms. The van der Waals surface area contributed by atoms with Crippen molar-refractivity contribution in [3.05, 3.63) is 75.0 Å². The van der Waals surface area contributed by atoms with E-state index < -0.39 is 0 Å². The SMILES string of the molecule is Cc1cc(C(=O)Nc2cccc(Oc3cccc(I)c3)c2)c(N)nc1C. The molecule has 0 aliphatic carbocycles. The number of ether oxygens (including phenoxy) is 1. The van der Waals surface area contributed by atoms with Crippen molar-refractivity contribution in [2.75, 3.05) is 11.1 Å². The van der Waals surface area contributed by atoms with E-state index in [4.69, 9.17) is 10.5 Å². The standard InChI is InChI=1S/C20H18IN3O2/c1-12-9-18(19(22)23-13(12)2)20(25)24-15-6-4-8-17(11-15)26-16-7-3-5-14(21)10-16/h3-11H,1-2H3,(H2,22,23)(H,24,25). The van der Waals surface area contributed by atoms with Gasteiger partial charge in [0.1, 0.15) is 17.3 Å². The Kier molecular flexibility index (Phi) is 5.41. The van der Waals surface area contributed by atoms with Crippen LogP contribution in [0.4, 0.5) is 11.5 Å². The summed E-state index contributed by atoms with van der Waals surface area (Å²) in [7, 11) is 0. The van der Waals surface area contributed by atoms with Crippen molar-refractivity contribution in [1.29, 1.82) is 0 Å². The first kappa shape index (κ1) is 18.2. The topological polar surface area (TPSA) is 77.2 Å². The Morgan fingerprint density at radius 3 is 2.50 bits per heavy atom. The molecule has 0 saturated carbocycles. The Hall–Kier alpha value is -2.61. The number of anilines is 2. The number of nitrogens with two attached hydrogens (primary N) is 1. The van der Waals surface area contributed by atoms with Gasteiger partial charge in [0.05, 0.1) is 5.56 Å². The smallest absolute Gasteiger partial charge is 0.259 e. The predicted molar refractivity (Wildman–Crippen MR) is 112 cm³/mol. The summed E-state index contributed by atoms with van der Waals surface area (Å²) in [5.41, 5.74) is 8.60. The van der Waals surface area contributed by atoms with Crippen LogP contribution in [0.2, 0.25) is 0 Å². The zero-order valence-corrected chi connectivity index (χ0v) is 16.6. The summed E-state index contributed by atoms with van der Waals surface area (Å²) in [6, 6.07) is 16.7. The van der Waals surface area contributed by atoms with Gasteiger partial charge in [0.15, 0.2) is 0 Å². The number of amides is 1. The second kappa shape index (κ2) is 7.74. The molecule has 0 aliphatic rings. The number of nitrogen functional groups attached to an aromatic ring is 1. The van der Waals surface area contributed by atoms with Gasteiger partial charge in [-0.1, -0.05) is 12.1 Å². The summed E-state index contributed by atoms with van der Waals surface area (Å²) >= 11 is 2.23. The minimum atomic E-state index is -0.301. The number of carbonyl (C=O) groups is 1. The third kappa shape index (κ3) is 4.32. The average molecular weight is 459 g/mol. The molecular weight excluding hydrogens is 441 g/mol. The molecule has 0 fully saturated rings. The van der Waals surface area contributed by atoms with Gasteiger partial charge in [0, 0.05) is 21.0 Å². The molecule has 0 atom stereocenters. The Labute approximate surface area is 165 Å². The van der Waals surface area contributed by atoms with Gasteiger partial charge < -0.3 is 15.8 Å². The third-order valence-corrected chi connectivity index (χ3v) is 4.53. The van der Waals surface area contributed by atoms with E-state index >= 15 is 0 Å². The quantitative estimate of drug-likeness (QED) is 0.543. The molecular formula is C20H18IN3O2. The van der Waals surface area contributed by atoms with E-state index in [0.717, 1.165) is 20.6 Å². The predicted octanol–water partition coefficient (Wildman–Crippen LogP) is 4.93. The van der Waals surface area contributed by atoms with Crippen LogP contribution in [0, 0.1) is 17.4 Å². The van der Waals surface area contributed by atoms with Gasteiger partial charge in [0.25, 0.3) is 5.91 Å². The van der Waals surface area contributed by atoms with E-state index in [0.29, 0.717) is 17.0 Å². The molecule has 0 saturated heterocycles. The van der Waals surface area contributed by atoms with Gasteiger partial charge in [0.2, 0.25) is 0 Å². The molecule has 5 nitrogen and oxygen atoms in total. The monoisotopic (exact) mass is 459 g/mol. The molecule has 6 heteroatoms. The van der Waals surface area contributed by atoms with E-state index in [9.17, 15) is 4.79 Å². The summed E-state index contributed by atoms with van der Waals surface area (Å²) in [6.07, 6.45) is 0. The van der Waals surface area contributed by atoms with Crippen molar-refractivity contribution < 1.29 is 9.53 Å². The minimum Gasteiger partial charge on any atom is -0.457 e. The summed E-state index contributed by atoms with van der Waals surface area (Å²) in [5.74, 6) is 1.29. The Morgan fingerprint density at radius 2 is 1.77 bits per heavy atom. The molecule has 1 heterocycles. The average Bonchev–Trinajstić information content (AvgIpc) is 2.58. The number of benzene rings is 2. The lowest BCUT2D eigenvalue weighted by Gasteiger charge is -2.11. The number of nitrogens with one attached hydrogen (secondary N) is 1. The van der Waals surface area contributed by atoms with Crippen molar-refractivity contribution in [1.82, 2.24) is 4.98 Å². The lowest BCUT2D eigenvalue weighted by atomic mass is 10.1. The van der Waals surface area contributed by atoms with Crippen LogP contribution in [-0.4, -0.2) is 10.9 Å². The van der Waals surface area contributed by atoms with Crippen LogP contribution in [-0.2, 0) is 0 Å². The molecule has 26 heavy (non-hydrogen) atoms. The Morgan fingerprint density at radius 1 is 1.08 bits per heavy atom. The number of halogens is 1. The number of hydrogen-bond donors (Lipinski definition) is 2. The van der Waals surface area contributed by atoms with Crippen molar-refractivity contribution >= 4 is 40.0 Å². The number of rotatable bonds is 4. The van der Waals surface area contributed by atoms with Gasteiger partial charge in [-0.25, -0.2) is 4.98 Å². The van der Waals surface area contributed by atoms with Crippen molar-refractivity contribution in [3.8, 4) is 11.5 Å². The van der Waals surface area contributed by atoms with E-state index in [1.54, 1.807) is 18.2 Å². The Balaban J connectivity index is 1.78. The highest BCUT2D eigenvalue weighted by molar-refractivity contribution is 14.1. The van der Waals surface area contributed by atoms with Crippen molar-refractivity contribution in [2.24, 2.45) is 0 Å². The number of carbonyl (C=O) groups excluding carboxylic acids is 1. The first-order valence-corrected chi connectivity index (χ1v) is 9.09. The Bertz CT molecular complexity index is 973. The van der Waals surface area contributed by atoms with Gasteiger partial charge in [-0.05, 0) is 78.4 Å². The van der Waals surface area contributed by atoms with E-state index in [1.807, 2.05) is 50.2 Å². The summed E-state index contributed by atoms with van der Waals surface area (Å²) in [5, 5.41) is 2.84. The second-order valence-corrected chi connectivity index (χ2v) is 7.11. The van der Waals surface area contributed by atoms with Crippen LogP contribution >= 0.6 is 22.6 Å². The molecule has 0 bridgehead atoms. The summed E-state index contributed by atoms with van der Waals surface area (Å²) in [6.45, 7) is 3.76. The van der Waals surface area contributed by atoms with E-state index in [2.05, 4.69) is 32.9 Å². The summed E-state index contributed by atoms with van der Waals surface area (Å²) < 4.78 is 6.94. The summed E-state index contributed by atoms with van der Waals surface area (Å²) in [4.78, 5) is 16.7. The van der Waals surface area contributed by atoms with Crippen LogP contribution in [0.25, 0.3) is 0 Å². The van der Waals surface area contributed by atoms with Gasteiger partial charge >= 0.3 is 0 Å². The van der Waals surface area contributed by atoms with Crippen LogP contribution in [0.1, 0.15) is 21.6 Å². The molecule has 3 N–H and O–H groups in total. The fraction of sp³-hybridized carbons (Fsp3) is 0.100. The van der Waals surface area contributed by atoms with Crippen LogP contribution in [0.15, 0.2) is 54.6 Å². The largest absolute Gasteiger partial charge is 0.457 e. The highest BCUT2D eigenvalue weighted by atomic mass is 127. The fourth-order valence-corrected chi connectivity index (χ4v) is 2.92. The van der Waals surface area contributed by atoms with Gasteiger partial charge in [-0.2, -0.15) is 0 Å². The number of nitrogens with zero attached hydrogens (tertiary/aromatic N) is 1. The molecule has 3 aromatic rings. The molecule has 1 amide bonds. The molecule has 0 unspecified atom stereocenters. The van der Waals surface area contributed by atoms with Crippen molar-refractivity contribution in [2.45, 2.75) is 13.8 Å². The first-order valence-electron chi connectivity index (χ1n) is 8.01. The fourth-order valence-electron chi connectivity index (χ4n) is 2.41. The number of pyridine rings is 1. The highest BCUT2D eigenvalue weighted by Gasteiger charge is 2.13. The molecule has 132 valence electrons. The van der Waals surface area contributed by atoms with Gasteiger partial charge in [-0.15, -0.1) is 0 Å². The number of aryl methyl sites for hydroxylation is 2. The van der Waals surface area contributed by atoms with Crippen LogP contribution < -0.4 is 15.8 Å². The zero-order valence-electron chi connectivity index (χ0n) is 14.4. The maximum atomic E-state index is 12.5. The van der Waals surface area contributed by atoms with Crippen molar-refractivity contribution in [3.63, 3.8) is 0 Å². The first-order chi connectivity index (χ1) is 12.4. The molecule has 2 aromatic carbocycles. The normalized spacial score (nSPS) is 10.4. The second-order valence-electron chi connectivity index (χ2n) is 5.86. The van der Waals surface area contributed by atoms with Crippen LogP contribution in [0.5, 0.6) is 11.5 Å². The highest BCUT2D eigenvalue weighted by Crippen LogP contribution is 2.26.